The molecule has 0 spiro atoms. The van der Waals surface area contributed by atoms with Crippen LogP contribution in [0, 0.1) is 0 Å². The summed E-state index contributed by atoms with van der Waals surface area (Å²) in [5.41, 5.74) is 1.11. The minimum Gasteiger partial charge on any atom is -0.462 e. The number of anilines is 1. The number of carbonyl (C=O) groups excluding carboxylic acids is 2. The van der Waals surface area contributed by atoms with E-state index < -0.39 is 0 Å². The fourth-order valence-corrected chi connectivity index (χ4v) is 1.24. The van der Waals surface area contributed by atoms with Crippen molar-refractivity contribution in [3.8, 4) is 0 Å². The number of benzene rings is 1. The van der Waals surface area contributed by atoms with Crippen molar-refractivity contribution in [2.24, 2.45) is 0 Å². The van der Waals surface area contributed by atoms with Crippen LogP contribution in [-0.4, -0.2) is 18.5 Å². The summed E-state index contributed by atoms with van der Waals surface area (Å²) in [4.78, 5) is 22.6. The fraction of sp³-hybridized carbons (Fsp3) is 0.231. The summed E-state index contributed by atoms with van der Waals surface area (Å²) < 4.78 is 4.85. The normalized spacial score (nSPS) is 10.2. The van der Waals surface area contributed by atoms with Crippen molar-refractivity contribution in [2.45, 2.75) is 13.8 Å². The van der Waals surface area contributed by atoms with Gasteiger partial charge in [0.2, 0.25) is 5.91 Å². The fourth-order valence-electron chi connectivity index (χ4n) is 1.24. The number of hydrogen-bond acceptors (Lipinski definition) is 3. The molecule has 0 aromatic heterocycles. The molecule has 4 heteroatoms. The third-order valence-corrected chi connectivity index (χ3v) is 1.98. The standard InChI is InChI=1S/C13H15NO3/c1-3-5-12(15)14-11-8-6-10(7-9-11)13(16)17-4-2/h3,5-9H,4H2,1-2H3,(H,14,15). The van der Waals surface area contributed by atoms with Crippen molar-refractivity contribution in [2.75, 3.05) is 11.9 Å². The monoisotopic (exact) mass is 233 g/mol. The van der Waals surface area contributed by atoms with E-state index in [4.69, 9.17) is 4.74 Å². The lowest BCUT2D eigenvalue weighted by Crippen LogP contribution is -2.08. The maximum atomic E-state index is 11.4. The number of esters is 1. The predicted octanol–water partition coefficient (Wildman–Crippen LogP) is 2.38. The van der Waals surface area contributed by atoms with Crippen molar-refractivity contribution in [1.29, 1.82) is 0 Å². The third kappa shape index (κ3) is 4.10. The SMILES string of the molecule is CC=CC(=O)Nc1ccc(C(=O)OCC)cc1. The molecular weight excluding hydrogens is 218 g/mol. The summed E-state index contributed by atoms with van der Waals surface area (Å²) in [7, 11) is 0. The van der Waals surface area contributed by atoms with Gasteiger partial charge in [-0.15, -0.1) is 0 Å². The summed E-state index contributed by atoms with van der Waals surface area (Å²) in [6.07, 6.45) is 3.08. The van der Waals surface area contributed by atoms with Gasteiger partial charge in [-0.3, -0.25) is 4.79 Å². The van der Waals surface area contributed by atoms with Gasteiger partial charge < -0.3 is 10.1 Å². The summed E-state index contributed by atoms with van der Waals surface area (Å²) in [5.74, 6) is -0.560. The van der Waals surface area contributed by atoms with Crippen molar-refractivity contribution in [1.82, 2.24) is 0 Å². The maximum Gasteiger partial charge on any atom is 0.338 e. The first kappa shape index (κ1) is 13.0. The van der Waals surface area contributed by atoms with Crippen LogP contribution in [0.4, 0.5) is 5.69 Å². The Hall–Kier alpha value is -2.10. The van der Waals surface area contributed by atoms with Gasteiger partial charge in [-0.05, 0) is 44.2 Å². The van der Waals surface area contributed by atoms with E-state index in [1.165, 1.54) is 6.08 Å². The lowest BCUT2D eigenvalue weighted by molar-refractivity contribution is -0.111. The molecule has 0 aliphatic rings. The molecule has 1 amide bonds. The molecule has 0 saturated heterocycles. The molecule has 0 aliphatic heterocycles. The Labute approximate surface area is 100 Å². The van der Waals surface area contributed by atoms with Gasteiger partial charge in [0.1, 0.15) is 0 Å². The molecular formula is C13H15NO3. The zero-order valence-corrected chi connectivity index (χ0v) is 9.90. The molecule has 1 rings (SSSR count). The van der Waals surface area contributed by atoms with E-state index in [1.807, 2.05) is 0 Å². The van der Waals surface area contributed by atoms with E-state index in [0.29, 0.717) is 17.9 Å². The zero-order chi connectivity index (χ0) is 12.7. The summed E-state index contributed by atoms with van der Waals surface area (Å²) in [6.45, 7) is 3.87. The van der Waals surface area contributed by atoms with E-state index >= 15 is 0 Å². The van der Waals surface area contributed by atoms with Crippen LogP contribution < -0.4 is 5.32 Å². The second-order valence-corrected chi connectivity index (χ2v) is 3.29. The molecule has 1 N–H and O–H groups in total. The van der Waals surface area contributed by atoms with Gasteiger partial charge in [0.05, 0.1) is 12.2 Å². The highest BCUT2D eigenvalue weighted by Crippen LogP contribution is 2.10. The molecule has 17 heavy (non-hydrogen) atoms. The smallest absolute Gasteiger partial charge is 0.338 e. The third-order valence-electron chi connectivity index (χ3n) is 1.98. The lowest BCUT2D eigenvalue weighted by Gasteiger charge is -2.04. The van der Waals surface area contributed by atoms with Crippen molar-refractivity contribution in [3.05, 3.63) is 42.0 Å². The van der Waals surface area contributed by atoms with Crippen LogP contribution in [0.5, 0.6) is 0 Å². The number of carbonyl (C=O) groups is 2. The van der Waals surface area contributed by atoms with E-state index in [0.717, 1.165) is 0 Å². The molecule has 1 aromatic carbocycles. The Balaban J connectivity index is 2.68. The average molecular weight is 233 g/mol. The van der Waals surface area contributed by atoms with Crippen molar-refractivity contribution >= 4 is 17.6 Å². The highest BCUT2D eigenvalue weighted by molar-refractivity contribution is 5.99. The number of rotatable bonds is 4. The highest BCUT2D eigenvalue weighted by Gasteiger charge is 2.05. The minimum atomic E-state index is -0.362. The Morgan fingerprint density at radius 2 is 1.94 bits per heavy atom. The number of allylic oxidation sites excluding steroid dienone is 1. The Bertz CT molecular complexity index is 421. The van der Waals surface area contributed by atoms with E-state index in [1.54, 1.807) is 44.2 Å². The minimum absolute atomic E-state index is 0.198. The molecule has 0 unspecified atom stereocenters. The molecule has 0 heterocycles. The molecule has 0 radical (unpaired) electrons. The van der Waals surface area contributed by atoms with Crippen LogP contribution in [0.3, 0.4) is 0 Å². The average Bonchev–Trinajstić information content (AvgIpc) is 2.30. The number of nitrogens with one attached hydrogen (secondary N) is 1. The van der Waals surface area contributed by atoms with Gasteiger partial charge in [-0.1, -0.05) is 6.08 Å². The Morgan fingerprint density at radius 1 is 1.29 bits per heavy atom. The predicted molar refractivity (Wildman–Crippen MR) is 65.8 cm³/mol. The highest BCUT2D eigenvalue weighted by atomic mass is 16.5. The first-order valence-electron chi connectivity index (χ1n) is 5.38. The van der Waals surface area contributed by atoms with E-state index in [-0.39, 0.29) is 11.9 Å². The van der Waals surface area contributed by atoms with Gasteiger partial charge in [-0.2, -0.15) is 0 Å². The largest absolute Gasteiger partial charge is 0.462 e. The van der Waals surface area contributed by atoms with Gasteiger partial charge in [0.15, 0.2) is 0 Å². The Morgan fingerprint density at radius 3 is 2.47 bits per heavy atom. The van der Waals surface area contributed by atoms with Gasteiger partial charge in [-0.25, -0.2) is 4.79 Å². The van der Waals surface area contributed by atoms with Crippen LogP contribution in [0.15, 0.2) is 36.4 Å². The summed E-state index contributed by atoms with van der Waals surface area (Å²) in [6, 6.07) is 6.55. The van der Waals surface area contributed by atoms with Gasteiger partial charge in [0.25, 0.3) is 0 Å². The van der Waals surface area contributed by atoms with Crippen molar-refractivity contribution in [3.63, 3.8) is 0 Å². The molecule has 4 nitrogen and oxygen atoms in total. The number of ether oxygens (including phenoxy) is 1. The zero-order valence-electron chi connectivity index (χ0n) is 9.90. The molecule has 0 fully saturated rings. The second-order valence-electron chi connectivity index (χ2n) is 3.29. The van der Waals surface area contributed by atoms with Crippen LogP contribution in [0.1, 0.15) is 24.2 Å². The molecule has 0 bridgehead atoms. The molecule has 0 aliphatic carbocycles. The van der Waals surface area contributed by atoms with Crippen LogP contribution in [0.2, 0.25) is 0 Å². The summed E-state index contributed by atoms with van der Waals surface area (Å²) in [5, 5.41) is 2.66. The topological polar surface area (TPSA) is 55.4 Å². The van der Waals surface area contributed by atoms with Crippen LogP contribution in [0.25, 0.3) is 0 Å². The van der Waals surface area contributed by atoms with Crippen LogP contribution >= 0.6 is 0 Å². The molecule has 0 atom stereocenters. The molecule has 0 saturated carbocycles. The number of amides is 1. The lowest BCUT2D eigenvalue weighted by atomic mass is 10.2. The van der Waals surface area contributed by atoms with Gasteiger partial charge in [0, 0.05) is 5.69 Å². The number of hydrogen-bond donors (Lipinski definition) is 1. The first-order chi connectivity index (χ1) is 8.17. The quantitative estimate of drug-likeness (QED) is 0.641. The first-order valence-corrected chi connectivity index (χ1v) is 5.38. The van der Waals surface area contributed by atoms with Crippen LogP contribution in [-0.2, 0) is 9.53 Å². The molecule has 1 aromatic rings. The molecule has 90 valence electrons. The van der Waals surface area contributed by atoms with Gasteiger partial charge >= 0.3 is 5.97 Å². The van der Waals surface area contributed by atoms with Crippen molar-refractivity contribution < 1.29 is 14.3 Å². The maximum absolute atomic E-state index is 11.4. The summed E-state index contributed by atoms with van der Waals surface area (Å²) >= 11 is 0. The Kier molecular flexibility index (Phi) is 4.94. The van der Waals surface area contributed by atoms with E-state index in [2.05, 4.69) is 5.32 Å². The second kappa shape index (κ2) is 6.48. The van der Waals surface area contributed by atoms with E-state index in [9.17, 15) is 9.59 Å².